The van der Waals surface area contributed by atoms with Crippen molar-refractivity contribution in [2.75, 3.05) is 5.32 Å². The van der Waals surface area contributed by atoms with Crippen LogP contribution in [0.25, 0.3) is 0 Å². The van der Waals surface area contributed by atoms with Crippen LogP contribution < -0.4 is 16.0 Å². The van der Waals surface area contributed by atoms with E-state index in [1.54, 1.807) is 12.1 Å². The lowest BCUT2D eigenvalue weighted by atomic mass is 9.94. The maximum Gasteiger partial charge on any atom is 0.416 e. The van der Waals surface area contributed by atoms with Crippen molar-refractivity contribution >= 4 is 40.8 Å². The number of allylic oxidation sites excluding steroid dienone is 1. The average Bonchev–Trinajstić information content (AvgIpc) is 2.60. The summed E-state index contributed by atoms with van der Waals surface area (Å²) in [4.78, 5) is 24.8. The minimum absolute atomic E-state index is 0.0389. The number of benzene rings is 2. The lowest BCUT2D eigenvalue weighted by molar-refractivity contribution is -0.137. The van der Waals surface area contributed by atoms with Crippen molar-refractivity contribution in [2.24, 2.45) is 0 Å². The van der Waals surface area contributed by atoms with Gasteiger partial charge in [-0.25, -0.2) is 4.79 Å². The summed E-state index contributed by atoms with van der Waals surface area (Å²) in [6.45, 7) is 1.51. The van der Waals surface area contributed by atoms with Crippen molar-refractivity contribution in [3.05, 3.63) is 74.9 Å². The Morgan fingerprint density at radius 1 is 1.14 bits per heavy atom. The Balaban J connectivity index is 1.96. The van der Waals surface area contributed by atoms with Crippen LogP contribution in [0.3, 0.4) is 0 Å². The molecule has 1 aliphatic rings. The number of carbonyl (C=O) groups excluding carboxylic acids is 2. The number of anilines is 1. The summed E-state index contributed by atoms with van der Waals surface area (Å²) < 4.78 is 38.8. The topological polar surface area (TPSA) is 70.2 Å². The van der Waals surface area contributed by atoms with E-state index in [1.807, 2.05) is 0 Å². The van der Waals surface area contributed by atoms with Gasteiger partial charge in [0.25, 0.3) is 5.91 Å². The number of urea groups is 1. The largest absolute Gasteiger partial charge is 0.416 e. The van der Waals surface area contributed by atoms with E-state index < -0.39 is 29.7 Å². The van der Waals surface area contributed by atoms with Gasteiger partial charge in [0.2, 0.25) is 0 Å². The second kappa shape index (κ2) is 7.96. The molecule has 0 saturated carbocycles. The molecule has 2 aromatic carbocycles. The number of rotatable bonds is 3. The number of alkyl halides is 3. The highest BCUT2D eigenvalue weighted by Gasteiger charge is 2.33. The Labute approximate surface area is 173 Å². The lowest BCUT2D eigenvalue weighted by Crippen LogP contribution is -2.46. The standard InChI is InChI=1S/C19H14Cl2F3N3O2/c1-9-15(17(28)26-12-4-2-3-10(7-12)19(22,23)24)16(27-18(29)25-9)13-6-5-11(20)8-14(13)21/h2-8,16H,1H3,(H,26,28)(H2,25,27,29). The summed E-state index contributed by atoms with van der Waals surface area (Å²) in [5.74, 6) is -0.689. The van der Waals surface area contributed by atoms with Gasteiger partial charge in [-0.05, 0) is 42.8 Å². The van der Waals surface area contributed by atoms with Crippen LogP contribution >= 0.6 is 23.2 Å². The van der Waals surface area contributed by atoms with Crippen LogP contribution in [0.15, 0.2) is 53.7 Å². The van der Waals surface area contributed by atoms with Crippen molar-refractivity contribution in [3.8, 4) is 0 Å². The molecule has 152 valence electrons. The zero-order chi connectivity index (χ0) is 21.3. The van der Waals surface area contributed by atoms with Crippen molar-refractivity contribution in [2.45, 2.75) is 19.1 Å². The molecule has 0 saturated heterocycles. The van der Waals surface area contributed by atoms with E-state index >= 15 is 0 Å². The maximum absolute atomic E-state index is 12.9. The minimum Gasteiger partial charge on any atom is -0.327 e. The number of carbonyl (C=O) groups is 2. The van der Waals surface area contributed by atoms with Gasteiger partial charge in [-0.1, -0.05) is 35.3 Å². The molecule has 1 unspecified atom stereocenters. The zero-order valence-electron chi connectivity index (χ0n) is 14.8. The highest BCUT2D eigenvalue weighted by molar-refractivity contribution is 6.35. The Morgan fingerprint density at radius 2 is 1.86 bits per heavy atom. The Hall–Kier alpha value is -2.71. The first-order valence-corrected chi connectivity index (χ1v) is 9.03. The second-order valence-corrected chi connectivity index (χ2v) is 7.11. The number of hydrogen-bond donors (Lipinski definition) is 3. The van der Waals surface area contributed by atoms with E-state index in [2.05, 4.69) is 16.0 Å². The molecular weight excluding hydrogens is 430 g/mol. The zero-order valence-corrected chi connectivity index (χ0v) is 16.3. The second-order valence-electron chi connectivity index (χ2n) is 6.27. The summed E-state index contributed by atoms with van der Waals surface area (Å²) in [6, 6.07) is 7.36. The molecule has 0 fully saturated rings. The number of halogens is 5. The van der Waals surface area contributed by atoms with Gasteiger partial charge in [0.05, 0.1) is 17.2 Å². The molecule has 1 atom stereocenters. The Morgan fingerprint density at radius 3 is 2.52 bits per heavy atom. The fraction of sp³-hybridized carbons (Fsp3) is 0.158. The SMILES string of the molecule is CC1=C(C(=O)Nc2cccc(C(F)(F)F)c2)C(c2ccc(Cl)cc2Cl)NC(=O)N1. The van der Waals surface area contributed by atoms with Crippen LogP contribution in [-0.2, 0) is 11.0 Å². The van der Waals surface area contributed by atoms with Crippen molar-refractivity contribution in [1.82, 2.24) is 10.6 Å². The average molecular weight is 444 g/mol. The van der Waals surface area contributed by atoms with Crippen molar-refractivity contribution < 1.29 is 22.8 Å². The Bertz CT molecular complexity index is 1020. The lowest BCUT2D eigenvalue weighted by Gasteiger charge is -2.29. The fourth-order valence-electron chi connectivity index (χ4n) is 2.94. The summed E-state index contributed by atoms with van der Waals surface area (Å²) >= 11 is 12.1. The predicted octanol–water partition coefficient (Wildman–Crippen LogP) is 5.28. The predicted molar refractivity (Wildman–Crippen MR) is 104 cm³/mol. The monoisotopic (exact) mass is 443 g/mol. The molecule has 1 heterocycles. The molecule has 2 aromatic rings. The first-order chi connectivity index (χ1) is 13.6. The number of amides is 3. The molecule has 0 spiro atoms. The molecule has 3 N–H and O–H groups in total. The molecule has 3 rings (SSSR count). The van der Waals surface area contributed by atoms with Crippen molar-refractivity contribution in [1.29, 1.82) is 0 Å². The van der Waals surface area contributed by atoms with Crippen LogP contribution in [0.2, 0.25) is 10.0 Å². The molecule has 0 aliphatic carbocycles. The highest BCUT2D eigenvalue weighted by atomic mass is 35.5. The van der Waals surface area contributed by atoms with E-state index in [0.717, 1.165) is 12.1 Å². The van der Waals surface area contributed by atoms with E-state index in [4.69, 9.17) is 23.2 Å². The highest BCUT2D eigenvalue weighted by Crippen LogP contribution is 2.34. The molecule has 5 nitrogen and oxygen atoms in total. The van der Waals surface area contributed by atoms with Gasteiger partial charge in [0.15, 0.2) is 0 Å². The third-order valence-electron chi connectivity index (χ3n) is 4.24. The first-order valence-electron chi connectivity index (χ1n) is 8.28. The van der Waals surface area contributed by atoms with Crippen LogP contribution in [0, 0.1) is 0 Å². The van der Waals surface area contributed by atoms with Gasteiger partial charge in [-0.2, -0.15) is 13.2 Å². The smallest absolute Gasteiger partial charge is 0.327 e. The molecule has 3 amide bonds. The molecule has 0 radical (unpaired) electrons. The third kappa shape index (κ3) is 4.65. The van der Waals surface area contributed by atoms with Gasteiger partial charge >= 0.3 is 12.2 Å². The van der Waals surface area contributed by atoms with E-state index in [9.17, 15) is 22.8 Å². The van der Waals surface area contributed by atoms with Gasteiger partial charge in [0.1, 0.15) is 0 Å². The van der Waals surface area contributed by atoms with Crippen LogP contribution in [0.4, 0.5) is 23.7 Å². The summed E-state index contributed by atoms with van der Waals surface area (Å²) in [5, 5.41) is 8.12. The fourth-order valence-corrected chi connectivity index (χ4v) is 3.45. The Kier molecular flexibility index (Phi) is 5.77. The molecular formula is C19H14Cl2F3N3O2. The third-order valence-corrected chi connectivity index (χ3v) is 4.80. The van der Waals surface area contributed by atoms with E-state index in [-0.39, 0.29) is 22.0 Å². The van der Waals surface area contributed by atoms with Gasteiger partial charge in [-0.15, -0.1) is 0 Å². The molecule has 29 heavy (non-hydrogen) atoms. The minimum atomic E-state index is -4.55. The summed E-state index contributed by atoms with van der Waals surface area (Å²) in [7, 11) is 0. The number of nitrogens with one attached hydrogen (secondary N) is 3. The maximum atomic E-state index is 12.9. The quantitative estimate of drug-likeness (QED) is 0.603. The van der Waals surface area contributed by atoms with Gasteiger partial charge in [-0.3, -0.25) is 4.79 Å². The molecule has 0 aromatic heterocycles. The first kappa shape index (κ1) is 21.0. The molecule has 1 aliphatic heterocycles. The van der Waals surface area contributed by atoms with E-state index in [0.29, 0.717) is 10.6 Å². The summed E-state index contributed by atoms with van der Waals surface area (Å²) in [5.41, 5.74) is -0.170. The van der Waals surface area contributed by atoms with E-state index in [1.165, 1.54) is 25.1 Å². The van der Waals surface area contributed by atoms with Crippen LogP contribution in [0.5, 0.6) is 0 Å². The summed E-state index contributed by atoms with van der Waals surface area (Å²) in [6.07, 6.45) is -4.55. The van der Waals surface area contributed by atoms with Crippen LogP contribution in [0.1, 0.15) is 24.1 Å². The molecule has 10 heteroatoms. The van der Waals surface area contributed by atoms with Crippen LogP contribution in [-0.4, -0.2) is 11.9 Å². The van der Waals surface area contributed by atoms with Crippen molar-refractivity contribution in [3.63, 3.8) is 0 Å². The van der Waals surface area contributed by atoms with Gasteiger partial charge < -0.3 is 16.0 Å². The normalized spacial score (nSPS) is 16.9. The molecule has 0 bridgehead atoms. The number of hydrogen-bond acceptors (Lipinski definition) is 2. The van der Waals surface area contributed by atoms with Gasteiger partial charge in [0, 0.05) is 21.4 Å².